The number of aliphatic hydroxyl groups is 1. The topological polar surface area (TPSA) is 76.3 Å². The number of hydrogen-bond donors (Lipinski definition) is 2. The van der Waals surface area contributed by atoms with Gasteiger partial charge in [-0.15, -0.1) is 0 Å². The lowest BCUT2D eigenvalue weighted by molar-refractivity contribution is -0.584. The number of carbonyl (C=O) groups excluding carboxylic acids is 1. The van der Waals surface area contributed by atoms with Crippen LogP contribution < -0.4 is 10.0 Å². The zero-order valence-electron chi connectivity index (χ0n) is 11.1. The zero-order chi connectivity index (χ0) is 14.2. The lowest BCUT2D eigenvalue weighted by Gasteiger charge is -2.16. The third-order valence-electron chi connectivity index (χ3n) is 2.88. The lowest BCUT2D eigenvalue weighted by Crippen LogP contribution is -2.36. The molecule has 2 N–H and O–H groups in total. The predicted octanol–water partition coefficient (Wildman–Crippen LogP) is 1.49. The summed E-state index contributed by atoms with van der Waals surface area (Å²) in [4.78, 5) is 11.7. The fourth-order valence-electron chi connectivity index (χ4n) is 1.70. The molecule has 0 unspecified atom stereocenters. The van der Waals surface area contributed by atoms with E-state index in [0.717, 1.165) is 10.1 Å². The van der Waals surface area contributed by atoms with Crippen LogP contribution in [0.5, 0.6) is 0 Å². The summed E-state index contributed by atoms with van der Waals surface area (Å²) < 4.78 is 0.844. The molecule has 100 valence electrons. The molecule has 0 aliphatic carbocycles. The van der Waals surface area contributed by atoms with Crippen LogP contribution in [0.4, 0.5) is 5.69 Å². The van der Waals surface area contributed by atoms with Crippen molar-refractivity contribution < 1.29 is 14.6 Å². The Balaban J connectivity index is 2.38. The number of aryl methyl sites for hydroxylation is 1. The second kappa shape index (κ2) is 4.51. The van der Waals surface area contributed by atoms with Crippen molar-refractivity contribution in [2.75, 3.05) is 5.32 Å². The number of nitrogens with one attached hydrogen (secondary N) is 1. The van der Waals surface area contributed by atoms with Crippen LogP contribution in [0.1, 0.15) is 19.5 Å². The van der Waals surface area contributed by atoms with E-state index in [2.05, 4.69) is 5.32 Å². The van der Waals surface area contributed by atoms with Crippen LogP contribution in [0.3, 0.4) is 0 Å². The Kier molecular flexibility index (Phi) is 3.16. The van der Waals surface area contributed by atoms with Crippen LogP contribution in [-0.2, 0) is 4.79 Å². The van der Waals surface area contributed by atoms with Gasteiger partial charge in [0, 0.05) is 30.1 Å². The fourth-order valence-corrected chi connectivity index (χ4v) is 1.70. The first-order chi connectivity index (χ1) is 8.79. The number of anilines is 1. The second-order valence-corrected chi connectivity index (χ2v) is 5.06. The van der Waals surface area contributed by atoms with E-state index in [1.54, 1.807) is 31.2 Å². The maximum atomic E-state index is 11.8. The highest BCUT2D eigenvalue weighted by Gasteiger charge is 2.23. The SMILES string of the molecule is Cc1ccc2cc(NC(=O)C(C)(C)O)ccc2[n+]1[O-]. The van der Waals surface area contributed by atoms with E-state index < -0.39 is 11.5 Å². The number of carbonyl (C=O) groups is 1. The maximum absolute atomic E-state index is 11.8. The molecule has 1 aromatic heterocycles. The Morgan fingerprint density at radius 3 is 2.63 bits per heavy atom. The molecule has 0 fully saturated rings. The molecule has 0 saturated carbocycles. The van der Waals surface area contributed by atoms with Gasteiger partial charge in [-0.25, -0.2) is 0 Å². The molecule has 0 aliphatic rings. The number of aromatic nitrogens is 1. The monoisotopic (exact) mass is 260 g/mol. The summed E-state index contributed by atoms with van der Waals surface area (Å²) >= 11 is 0. The van der Waals surface area contributed by atoms with Crippen molar-refractivity contribution in [1.82, 2.24) is 0 Å². The molecule has 19 heavy (non-hydrogen) atoms. The van der Waals surface area contributed by atoms with Gasteiger partial charge < -0.3 is 15.6 Å². The minimum Gasteiger partial charge on any atom is -0.618 e. The molecule has 1 amide bonds. The Labute approximate surface area is 111 Å². The molecule has 5 heteroatoms. The van der Waals surface area contributed by atoms with E-state index in [1.165, 1.54) is 13.8 Å². The predicted molar refractivity (Wildman–Crippen MR) is 72.6 cm³/mol. The molecule has 0 spiro atoms. The van der Waals surface area contributed by atoms with E-state index in [1.807, 2.05) is 6.07 Å². The fraction of sp³-hybridized carbons (Fsp3) is 0.286. The van der Waals surface area contributed by atoms with Gasteiger partial charge in [-0.3, -0.25) is 4.79 Å². The van der Waals surface area contributed by atoms with Crippen molar-refractivity contribution in [2.45, 2.75) is 26.4 Å². The highest BCUT2D eigenvalue weighted by molar-refractivity contribution is 5.97. The normalized spacial score (nSPS) is 11.6. The minimum atomic E-state index is -1.44. The van der Waals surface area contributed by atoms with Gasteiger partial charge >= 0.3 is 0 Å². The first-order valence-electron chi connectivity index (χ1n) is 5.96. The molecule has 0 bridgehead atoms. The molecule has 1 aromatic carbocycles. The number of pyridine rings is 1. The van der Waals surface area contributed by atoms with Gasteiger partial charge in [-0.1, -0.05) is 0 Å². The second-order valence-electron chi connectivity index (χ2n) is 5.06. The first-order valence-corrected chi connectivity index (χ1v) is 5.96. The number of rotatable bonds is 2. The summed E-state index contributed by atoms with van der Waals surface area (Å²) in [6, 6.07) is 8.53. The molecule has 2 aromatic rings. The van der Waals surface area contributed by atoms with Crippen LogP contribution in [0.25, 0.3) is 10.9 Å². The van der Waals surface area contributed by atoms with E-state index in [0.29, 0.717) is 16.9 Å². The van der Waals surface area contributed by atoms with Crippen molar-refractivity contribution in [3.05, 3.63) is 41.2 Å². The molecule has 0 saturated heterocycles. The van der Waals surface area contributed by atoms with Gasteiger partial charge in [0.25, 0.3) is 5.91 Å². The van der Waals surface area contributed by atoms with E-state index in [4.69, 9.17) is 0 Å². The van der Waals surface area contributed by atoms with Crippen LogP contribution in [0.2, 0.25) is 0 Å². The molecule has 0 atom stereocenters. The van der Waals surface area contributed by atoms with Crippen molar-refractivity contribution in [3.8, 4) is 0 Å². The van der Waals surface area contributed by atoms with Crippen molar-refractivity contribution in [1.29, 1.82) is 0 Å². The summed E-state index contributed by atoms with van der Waals surface area (Å²) in [5.74, 6) is -0.492. The van der Waals surface area contributed by atoms with Crippen molar-refractivity contribution in [2.24, 2.45) is 0 Å². The van der Waals surface area contributed by atoms with Gasteiger partial charge in [0.2, 0.25) is 5.52 Å². The molecule has 1 heterocycles. The van der Waals surface area contributed by atoms with Crippen LogP contribution in [-0.4, -0.2) is 16.6 Å². The summed E-state index contributed by atoms with van der Waals surface area (Å²) in [5.41, 5.74) is 0.256. The standard InChI is InChI=1S/C14H16N2O3/c1-9-4-5-10-8-11(6-7-12(10)16(9)19)15-13(17)14(2,3)18/h4-8,18H,1-3H3,(H,15,17). The minimum absolute atomic E-state index is 0.492. The number of hydrogen-bond acceptors (Lipinski definition) is 3. The number of benzene rings is 1. The third-order valence-corrected chi connectivity index (χ3v) is 2.88. The lowest BCUT2D eigenvalue weighted by atomic mass is 10.1. The first kappa shape index (κ1) is 13.3. The number of nitrogens with zero attached hydrogens (tertiary/aromatic N) is 1. The van der Waals surface area contributed by atoms with E-state index >= 15 is 0 Å². The Morgan fingerprint density at radius 2 is 2.00 bits per heavy atom. The van der Waals surface area contributed by atoms with Gasteiger partial charge in [-0.2, -0.15) is 4.73 Å². The summed E-state index contributed by atoms with van der Waals surface area (Å²) in [6.07, 6.45) is 0. The molecule has 0 radical (unpaired) electrons. The molecule has 5 nitrogen and oxygen atoms in total. The Hall–Kier alpha value is -2.14. The average molecular weight is 260 g/mol. The van der Waals surface area contributed by atoms with E-state index in [9.17, 15) is 15.1 Å². The third kappa shape index (κ3) is 2.66. The largest absolute Gasteiger partial charge is 0.618 e. The number of fused-ring (bicyclic) bond motifs is 1. The molecular formula is C14H16N2O3. The highest BCUT2D eigenvalue weighted by Crippen LogP contribution is 2.18. The van der Waals surface area contributed by atoms with E-state index in [-0.39, 0.29) is 0 Å². The summed E-state index contributed by atoms with van der Waals surface area (Å²) in [7, 11) is 0. The summed E-state index contributed by atoms with van der Waals surface area (Å²) in [6.45, 7) is 4.56. The van der Waals surface area contributed by atoms with Crippen LogP contribution in [0, 0.1) is 12.1 Å². The van der Waals surface area contributed by atoms with Gasteiger partial charge in [0.05, 0.1) is 0 Å². The van der Waals surface area contributed by atoms with Gasteiger partial charge in [-0.05, 0) is 32.0 Å². The molecular weight excluding hydrogens is 244 g/mol. The quantitative estimate of drug-likeness (QED) is 0.634. The Bertz CT molecular complexity index is 645. The molecule has 2 rings (SSSR count). The van der Waals surface area contributed by atoms with Gasteiger partial charge in [0.1, 0.15) is 5.60 Å². The van der Waals surface area contributed by atoms with Crippen molar-refractivity contribution in [3.63, 3.8) is 0 Å². The maximum Gasteiger partial charge on any atom is 0.255 e. The number of amides is 1. The average Bonchev–Trinajstić information content (AvgIpc) is 2.33. The Morgan fingerprint density at radius 1 is 1.32 bits per heavy atom. The zero-order valence-corrected chi connectivity index (χ0v) is 11.1. The van der Waals surface area contributed by atoms with Gasteiger partial charge in [0.15, 0.2) is 5.69 Å². The summed E-state index contributed by atoms with van der Waals surface area (Å²) in [5, 5.41) is 24.7. The smallest absolute Gasteiger partial charge is 0.255 e. The highest BCUT2D eigenvalue weighted by atomic mass is 16.5. The van der Waals surface area contributed by atoms with Crippen LogP contribution in [0.15, 0.2) is 30.3 Å². The van der Waals surface area contributed by atoms with Crippen LogP contribution >= 0.6 is 0 Å². The van der Waals surface area contributed by atoms with Crippen molar-refractivity contribution >= 4 is 22.5 Å². The molecule has 0 aliphatic heterocycles.